The van der Waals surface area contributed by atoms with Crippen molar-refractivity contribution in [2.45, 2.75) is 46.1 Å². The molecule has 0 N–H and O–H groups in total. The van der Waals surface area contributed by atoms with Crippen LogP contribution in [0.3, 0.4) is 0 Å². The van der Waals surface area contributed by atoms with Gasteiger partial charge in [-0.3, -0.25) is 4.79 Å². The van der Waals surface area contributed by atoms with E-state index in [9.17, 15) is 4.79 Å². The van der Waals surface area contributed by atoms with Crippen molar-refractivity contribution in [2.75, 3.05) is 0 Å². The fourth-order valence-electron chi connectivity index (χ4n) is 2.26. The SMILES string of the molecule is CC(C)c1ccc(C(=O)Cn2ccnc2C(C)C)cc1. The first kappa shape index (κ1) is 14.5. The van der Waals surface area contributed by atoms with Crippen LogP contribution in [0.5, 0.6) is 0 Å². The molecule has 3 heteroatoms. The summed E-state index contributed by atoms with van der Waals surface area (Å²) in [6, 6.07) is 7.91. The average Bonchev–Trinajstić information content (AvgIpc) is 2.87. The van der Waals surface area contributed by atoms with Crippen molar-refractivity contribution in [3.8, 4) is 0 Å². The predicted octanol–water partition coefficient (Wildman–Crippen LogP) is 4.01. The van der Waals surface area contributed by atoms with Gasteiger partial charge in [0.25, 0.3) is 0 Å². The van der Waals surface area contributed by atoms with Gasteiger partial charge in [-0.25, -0.2) is 4.98 Å². The second kappa shape index (κ2) is 6.04. The van der Waals surface area contributed by atoms with Crippen molar-refractivity contribution in [3.05, 3.63) is 53.6 Å². The number of aromatic nitrogens is 2. The van der Waals surface area contributed by atoms with Gasteiger partial charge in [0.15, 0.2) is 5.78 Å². The smallest absolute Gasteiger partial charge is 0.182 e. The lowest BCUT2D eigenvalue weighted by Gasteiger charge is -2.10. The van der Waals surface area contributed by atoms with E-state index in [1.807, 2.05) is 35.0 Å². The molecule has 0 aliphatic carbocycles. The number of benzene rings is 1. The van der Waals surface area contributed by atoms with Gasteiger partial charge in [0.1, 0.15) is 5.82 Å². The zero-order valence-corrected chi connectivity index (χ0v) is 12.6. The molecule has 0 unspecified atom stereocenters. The van der Waals surface area contributed by atoms with Crippen LogP contribution in [-0.2, 0) is 6.54 Å². The summed E-state index contributed by atoms with van der Waals surface area (Å²) in [4.78, 5) is 16.6. The van der Waals surface area contributed by atoms with Crippen LogP contribution in [-0.4, -0.2) is 15.3 Å². The molecule has 1 aromatic heterocycles. The third-order valence-corrected chi connectivity index (χ3v) is 3.48. The molecule has 0 aliphatic heterocycles. The third kappa shape index (κ3) is 3.16. The highest BCUT2D eigenvalue weighted by Gasteiger charge is 2.12. The van der Waals surface area contributed by atoms with Crippen molar-refractivity contribution in [1.29, 1.82) is 0 Å². The van der Waals surface area contributed by atoms with Gasteiger partial charge in [0.05, 0.1) is 6.54 Å². The first-order valence-corrected chi connectivity index (χ1v) is 7.13. The van der Waals surface area contributed by atoms with Crippen LogP contribution in [0.15, 0.2) is 36.7 Å². The molecule has 0 spiro atoms. The van der Waals surface area contributed by atoms with Crippen molar-refractivity contribution < 1.29 is 4.79 Å². The van der Waals surface area contributed by atoms with E-state index in [-0.39, 0.29) is 5.78 Å². The minimum Gasteiger partial charge on any atom is -0.327 e. The zero-order chi connectivity index (χ0) is 14.7. The molecule has 1 heterocycles. The highest BCUT2D eigenvalue weighted by atomic mass is 16.1. The quantitative estimate of drug-likeness (QED) is 0.769. The highest BCUT2D eigenvalue weighted by molar-refractivity contribution is 5.95. The van der Waals surface area contributed by atoms with Gasteiger partial charge in [-0.1, -0.05) is 52.0 Å². The zero-order valence-electron chi connectivity index (χ0n) is 12.6. The van der Waals surface area contributed by atoms with Gasteiger partial charge in [-0.2, -0.15) is 0 Å². The van der Waals surface area contributed by atoms with E-state index < -0.39 is 0 Å². The topological polar surface area (TPSA) is 34.9 Å². The summed E-state index contributed by atoms with van der Waals surface area (Å²) in [6.45, 7) is 8.82. The number of carbonyl (C=O) groups is 1. The largest absolute Gasteiger partial charge is 0.327 e. The van der Waals surface area contributed by atoms with Crippen molar-refractivity contribution in [2.24, 2.45) is 0 Å². The average molecular weight is 270 g/mol. The standard InChI is InChI=1S/C17H22N2O/c1-12(2)14-5-7-15(8-6-14)16(20)11-19-10-9-18-17(19)13(3)4/h5-10,12-13H,11H2,1-4H3. The van der Waals surface area contributed by atoms with Gasteiger partial charge in [-0.05, 0) is 11.5 Å². The maximum absolute atomic E-state index is 12.3. The number of ketones is 1. The van der Waals surface area contributed by atoms with Gasteiger partial charge in [-0.15, -0.1) is 0 Å². The fraction of sp³-hybridized carbons (Fsp3) is 0.412. The van der Waals surface area contributed by atoms with Crippen LogP contribution in [0.2, 0.25) is 0 Å². The molecule has 2 rings (SSSR count). The Bertz CT molecular complexity index is 579. The maximum atomic E-state index is 12.3. The normalized spacial score (nSPS) is 11.3. The molecule has 106 valence electrons. The van der Waals surface area contributed by atoms with Crippen LogP contribution in [0, 0.1) is 0 Å². The van der Waals surface area contributed by atoms with E-state index in [1.54, 1.807) is 6.20 Å². The number of imidazole rings is 1. The van der Waals surface area contributed by atoms with E-state index in [4.69, 9.17) is 0 Å². The third-order valence-electron chi connectivity index (χ3n) is 3.48. The summed E-state index contributed by atoms with van der Waals surface area (Å²) < 4.78 is 1.93. The highest BCUT2D eigenvalue weighted by Crippen LogP contribution is 2.16. The summed E-state index contributed by atoms with van der Waals surface area (Å²) in [5.74, 6) is 1.89. The minimum absolute atomic E-state index is 0.125. The van der Waals surface area contributed by atoms with E-state index >= 15 is 0 Å². The molecule has 0 radical (unpaired) electrons. The predicted molar refractivity (Wildman–Crippen MR) is 81.2 cm³/mol. The number of Topliss-reactive ketones (excluding diaryl/α,β-unsaturated/α-hetero) is 1. The Morgan fingerprint density at radius 1 is 1.10 bits per heavy atom. The first-order chi connectivity index (χ1) is 9.49. The first-order valence-electron chi connectivity index (χ1n) is 7.13. The summed E-state index contributed by atoms with van der Waals surface area (Å²) in [5.41, 5.74) is 2.02. The lowest BCUT2D eigenvalue weighted by Crippen LogP contribution is -2.13. The molecule has 0 saturated carbocycles. The molecule has 3 nitrogen and oxygen atoms in total. The van der Waals surface area contributed by atoms with Crippen LogP contribution >= 0.6 is 0 Å². The lowest BCUT2D eigenvalue weighted by atomic mass is 10.0. The lowest BCUT2D eigenvalue weighted by molar-refractivity contribution is 0.0970. The van der Waals surface area contributed by atoms with Gasteiger partial charge in [0, 0.05) is 23.9 Å². The van der Waals surface area contributed by atoms with Crippen molar-refractivity contribution >= 4 is 5.78 Å². The Kier molecular flexibility index (Phi) is 4.38. The van der Waals surface area contributed by atoms with Crippen LogP contribution < -0.4 is 0 Å². The maximum Gasteiger partial charge on any atom is 0.182 e. The summed E-state index contributed by atoms with van der Waals surface area (Å²) in [7, 11) is 0. The Labute approximate surface area is 120 Å². The Balaban J connectivity index is 2.13. The molecule has 1 aromatic carbocycles. The van der Waals surface area contributed by atoms with Gasteiger partial charge < -0.3 is 4.57 Å². The monoisotopic (exact) mass is 270 g/mol. The van der Waals surface area contributed by atoms with Crippen LogP contribution in [0.1, 0.15) is 61.3 Å². The second-order valence-corrected chi connectivity index (χ2v) is 5.77. The van der Waals surface area contributed by atoms with Crippen molar-refractivity contribution in [3.63, 3.8) is 0 Å². The molecule has 20 heavy (non-hydrogen) atoms. The molecule has 2 aromatic rings. The number of carbonyl (C=O) groups excluding carboxylic acids is 1. The Morgan fingerprint density at radius 3 is 2.30 bits per heavy atom. The van der Waals surface area contributed by atoms with E-state index in [0.29, 0.717) is 18.4 Å². The Morgan fingerprint density at radius 2 is 1.75 bits per heavy atom. The molecule has 0 atom stereocenters. The molecular weight excluding hydrogens is 248 g/mol. The molecular formula is C17H22N2O. The van der Waals surface area contributed by atoms with Gasteiger partial charge >= 0.3 is 0 Å². The second-order valence-electron chi connectivity index (χ2n) is 5.77. The number of rotatable bonds is 5. The van der Waals surface area contributed by atoms with E-state index in [0.717, 1.165) is 11.4 Å². The molecule has 0 aliphatic rings. The summed E-state index contributed by atoms with van der Waals surface area (Å²) in [5, 5.41) is 0. The molecule has 0 fully saturated rings. The van der Waals surface area contributed by atoms with Crippen LogP contribution in [0.4, 0.5) is 0 Å². The summed E-state index contributed by atoms with van der Waals surface area (Å²) >= 11 is 0. The number of hydrogen-bond donors (Lipinski definition) is 0. The Hall–Kier alpha value is -1.90. The molecule has 0 bridgehead atoms. The number of hydrogen-bond acceptors (Lipinski definition) is 2. The minimum atomic E-state index is 0.125. The fourth-order valence-corrected chi connectivity index (χ4v) is 2.26. The molecule has 0 amide bonds. The van der Waals surface area contributed by atoms with E-state index in [2.05, 4.69) is 32.7 Å². The number of nitrogens with zero attached hydrogens (tertiary/aromatic N) is 2. The van der Waals surface area contributed by atoms with E-state index in [1.165, 1.54) is 5.56 Å². The summed E-state index contributed by atoms with van der Waals surface area (Å²) in [6.07, 6.45) is 3.63. The van der Waals surface area contributed by atoms with Crippen molar-refractivity contribution in [1.82, 2.24) is 9.55 Å². The molecule has 0 saturated heterocycles. The van der Waals surface area contributed by atoms with Crippen LogP contribution in [0.25, 0.3) is 0 Å². The van der Waals surface area contributed by atoms with Gasteiger partial charge in [0.2, 0.25) is 0 Å².